The smallest absolute Gasteiger partial charge is 0.0701 e. The van der Waals surface area contributed by atoms with Gasteiger partial charge in [0.1, 0.15) is 0 Å². The van der Waals surface area contributed by atoms with Crippen LogP contribution in [0.2, 0.25) is 0 Å². The zero-order valence-electron chi connectivity index (χ0n) is 11.1. The molecule has 0 aromatic rings. The molecule has 0 bridgehead atoms. The van der Waals surface area contributed by atoms with Crippen LogP contribution in [-0.4, -0.2) is 75.6 Å². The van der Waals surface area contributed by atoms with Gasteiger partial charge in [0.15, 0.2) is 0 Å². The molecule has 1 heterocycles. The number of likely N-dealkylation sites (tertiary alicyclic amines) is 1. The molecule has 1 aliphatic rings. The molecule has 0 aliphatic carbocycles. The van der Waals surface area contributed by atoms with E-state index in [1.807, 2.05) is 0 Å². The van der Waals surface area contributed by atoms with Gasteiger partial charge in [-0.25, -0.2) is 0 Å². The number of oxime groups is 1. The highest BCUT2D eigenvalue weighted by molar-refractivity contribution is 5.84. The van der Waals surface area contributed by atoms with E-state index in [-0.39, 0.29) is 0 Å². The number of hydrogen-bond donors (Lipinski definition) is 1. The Hall–Kier alpha value is -0.690. The van der Waals surface area contributed by atoms with Gasteiger partial charge in [-0.3, -0.25) is 0 Å². The van der Waals surface area contributed by atoms with Crippen molar-refractivity contribution in [1.29, 1.82) is 0 Å². The van der Waals surface area contributed by atoms with Gasteiger partial charge in [-0.15, -0.1) is 0 Å². The van der Waals surface area contributed by atoms with Gasteiger partial charge in [0.25, 0.3) is 0 Å². The first-order chi connectivity index (χ1) is 8.86. The summed E-state index contributed by atoms with van der Waals surface area (Å²) in [6, 6.07) is 0. The second-order valence-electron chi connectivity index (χ2n) is 4.23. The minimum Gasteiger partial charge on any atom is -0.411 e. The average molecular weight is 260 g/mol. The monoisotopic (exact) mass is 260 g/mol. The van der Waals surface area contributed by atoms with E-state index < -0.39 is 0 Å². The molecule has 0 atom stereocenters. The molecular formula is C12H24N2O4. The predicted octanol–water partition coefficient (Wildman–Crippen LogP) is 0.592. The second-order valence-corrected chi connectivity index (χ2v) is 4.23. The van der Waals surface area contributed by atoms with E-state index >= 15 is 0 Å². The van der Waals surface area contributed by atoms with E-state index in [1.54, 1.807) is 7.11 Å². The van der Waals surface area contributed by atoms with Gasteiger partial charge in [0, 0.05) is 39.6 Å². The summed E-state index contributed by atoms with van der Waals surface area (Å²) >= 11 is 0. The maximum absolute atomic E-state index is 8.63. The molecule has 0 aromatic carbocycles. The highest BCUT2D eigenvalue weighted by atomic mass is 16.5. The number of ether oxygens (including phenoxy) is 3. The van der Waals surface area contributed by atoms with Crippen molar-refractivity contribution in [3.05, 3.63) is 0 Å². The average Bonchev–Trinajstić information content (AvgIpc) is 2.42. The van der Waals surface area contributed by atoms with Crippen LogP contribution in [0, 0.1) is 0 Å². The Morgan fingerprint density at radius 2 is 1.67 bits per heavy atom. The van der Waals surface area contributed by atoms with Crippen LogP contribution in [-0.2, 0) is 14.2 Å². The Bertz CT molecular complexity index is 226. The Morgan fingerprint density at radius 3 is 2.28 bits per heavy atom. The number of nitrogens with zero attached hydrogens (tertiary/aromatic N) is 2. The fraction of sp³-hybridized carbons (Fsp3) is 0.917. The van der Waals surface area contributed by atoms with Gasteiger partial charge in [-0.1, -0.05) is 5.16 Å². The molecule has 1 rings (SSSR count). The lowest BCUT2D eigenvalue weighted by atomic mass is 10.1. The summed E-state index contributed by atoms with van der Waals surface area (Å²) in [5.74, 6) is 0. The van der Waals surface area contributed by atoms with E-state index in [0.29, 0.717) is 26.4 Å². The summed E-state index contributed by atoms with van der Waals surface area (Å²) in [5.41, 5.74) is 0.902. The lowest BCUT2D eigenvalue weighted by Crippen LogP contribution is -2.36. The van der Waals surface area contributed by atoms with Gasteiger partial charge >= 0.3 is 0 Å². The fourth-order valence-electron chi connectivity index (χ4n) is 1.79. The van der Waals surface area contributed by atoms with Crippen LogP contribution in [0.4, 0.5) is 0 Å². The molecule has 6 heteroatoms. The number of rotatable bonds is 9. The van der Waals surface area contributed by atoms with E-state index in [2.05, 4.69) is 10.1 Å². The van der Waals surface area contributed by atoms with Crippen LogP contribution in [0.15, 0.2) is 5.16 Å². The van der Waals surface area contributed by atoms with E-state index in [1.165, 1.54) is 0 Å². The standard InChI is InChI=1S/C12H24N2O4/c1-16-8-9-18-11-10-17-7-6-14-4-2-12(13-15)3-5-14/h15H,2-11H2,1H3. The van der Waals surface area contributed by atoms with Crippen molar-refractivity contribution in [1.82, 2.24) is 4.90 Å². The molecule has 0 unspecified atom stereocenters. The van der Waals surface area contributed by atoms with Crippen molar-refractivity contribution in [2.45, 2.75) is 12.8 Å². The van der Waals surface area contributed by atoms with E-state index in [9.17, 15) is 0 Å². The summed E-state index contributed by atoms with van der Waals surface area (Å²) in [6.45, 7) is 6.04. The largest absolute Gasteiger partial charge is 0.411 e. The summed E-state index contributed by atoms with van der Waals surface area (Å²) < 4.78 is 15.6. The van der Waals surface area contributed by atoms with Crippen LogP contribution in [0.5, 0.6) is 0 Å². The third-order valence-electron chi connectivity index (χ3n) is 2.93. The van der Waals surface area contributed by atoms with Crippen LogP contribution in [0.25, 0.3) is 0 Å². The van der Waals surface area contributed by atoms with Crippen molar-refractivity contribution in [2.75, 3.05) is 59.8 Å². The molecule has 0 radical (unpaired) electrons. The molecule has 1 fully saturated rings. The SMILES string of the molecule is COCCOCCOCCN1CCC(=NO)CC1. The van der Waals surface area contributed by atoms with Gasteiger partial charge in [-0.2, -0.15) is 0 Å². The summed E-state index contributed by atoms with van der Waals surface area (Å²) in [5, 5.41) is 11.9. The molecule has 106 valence electrons. The van der Waals surface area contributed by atoms with Gasteiger partial charge < -0.3 is 24.3 Å². The number of hydrogen-bond acceptors (Lipinski definition) is 6. The Labute approximate surface area is 108 Å². The normalized spacial score (nSPS) is 17.1. The zero-order valence-corrected chi connectivity index (χ0v) is 11.1. The third kappa shape index (κ3) is 6.90. The molecule has 1 saturated heterocycles. The number of piperidine rings is 1. The van der Waals surface area contributed by atoms with Crippen molar-refractivity contribution >= 4 is 5.71 Å². The quantitative estimate of drug-likeness (QED) is 0.373. The van der Waals surface area contributed by atoms with Gasteiger partial charge in [0.2, 0.25) is 0 Å². The van der Waals surface area contributed by atoms with Crippen LogP contribution >= 0.6 is 0 Å². The maximum atomic E-state index is 8.63. The minimum absolute atomic E-state index is 0.616. The molecular weight excluding hydrogens is 236 g/mol. The first-order valence-electron chi connectivity index (χ1n) is 6.43. The molecule has 0 spiro atoms. The molecule has 0 aromatic heterocycles. The van der Waals surface area contributed by atoms with Crippen molar-refractivity contribution in [3.63, 3.8) is 0 Å². The lowest BCUT2D eigenvalue weighted by molar-refractivity contribution is 0.0194. The second kappa shape index (κ2) is 10.3. The third-order valence-corrected chi connectivity index (χ3v) is 2.93. The lowest BCUT2D eigenvalue weighted by Gasteiger charge is -2.26. The highest BCUT2D eigenvalue weighted by Crippen LogP contribution is 2.06. The summed E-state index contributed by atoms with van der Waals surface area (Å²) in [4.78, 5) is 2.32. The molecule has 1 aliphatic heterocycles. The number of methoxy groups -OCH3 is 1. The predicted molar refractivity (Wildman–Crippen MR) is 68.4 cm³/mol. The Morgan fingerprint density at radius 1 is 1.06 bits per heavy atom. The Kier molecular flexibility index (Phi) is 8.75. The van der Waals surface area contributed by atoms with Crippen LogP contribution < -0.4 is 0 Å². The molecule has 0 saturated carbocycles. The van der Waals surface area contributed by atoms with Crippen molar-refractivity contribution in [2.24, 2.45) is 5.16 Å². The first-order valence-corrected chi connectivity index (χ1v) is 6.43. The molecule has 18 heavy (non-hydrogen) atoms. The molecule has 0 amide bonds. The maximum Gasteiger partial charge on any atom is 0.0701 e. The van der Waals surface area contributed by atoms with E-state index in [0.717, 1.165) is 44.8 Å². The van der Waals surface area contributed by atoms with Crippen molar-refractivity contribution in [3.8, 4) is 0 Å². The molecule has 6 nitrogen and oxygen atoms in total. The highest BCUT2D eigenvalue weighted by Gasteiger charge is 2.14. The minimum atomic E-state index is 0.616. The van der Waals surface area contributed by atoms with Gasteiger partial charge in [-0.05, 0) is 0 Å². The van der Waals surface area contributed by atoms with Crippen LogP contribution in [0.1, 0.15) is 12.8 Å². The molecule has 1 N–H and O–H groups in total. The Balaban J connectivity index is 1.86. The zero-order chi connectivity index (χ0) is 13.1. The van der Waals surface area contributed by atoms with Crippen molar-refractivity contribution < 1.29 is 19.4 Å². The topological polar surface area (TPSA) is 63.5 Å². The van der Waals surface area contributed by atoms with E-state index in [4.69, 9.17) is 19.4 Å². The fourth-order valence-corrected chi connectivity index (χ4v) is 1.79. The first kappa shape index (κ1) is 15.4. The van der Waals surface area contributed by atoms with Crippen LogP contribution in [0.3, 0.4) is 0 Å². The summed E-state index contributed by atoms with van der Waals surface area (Å²) in [6.07, 6.45) is 1.72. The van der Waals surface area contributed by atoms with Gasteiger partial charge in [0.05, 0.1) is 38.7 Å². The summed E-state index contributed by atoms with van der Waals surface area (Å²) in [7, 11) is 1.66.